The summed E-state index contributed by atoms with van der Waals surface area (Å²) in [6.45, 7) is 1.94. The second-order valence-electron chi connectivity index (χ2n) is 4.24. The molecule has 0 saturated heterocycles. The highest BCUT2D eigenvalue weighted by atomic mass is 16.4. The number of hydrogen-bond donors (Lipinski definition) is 1. The van der Waals surface area contributed by atoms with Gasteiger partial charge in [-0.3, -0.25) is 9.78 Å². The van der Waals surface area contributed by atoms with Gasteiger partial charge in [0.05, 0.1) is 11.7 Å². The number of nitrogens with zero attached hydrogens (tertiary/aromatic N) is 2. The number of hydrogen-bond acceptors (Lipinski definition) is 3. The molecule has 16 heavy (non-hydrogen) atoms. The van der Waals surface area contributed by atoms with Crippen LogP contribution in [0.1, 0.15) is 25.1 Å². The molecule has 0 radical (unpaired) electrons. The Morgan fingerprint density at radius 1 is 1.50 bits per heavy atom. The van der Waals surface area contributed by atoms with Gasteiger partial charge in [-0.1, -0.05) is 13.0 Å². The van der Waals surface area contributed by atoms with Crippen LogP contribution < -0.4 is 0 Å². The van der Waals surface area contributed by atoms with Crippen molar-refractivity contribution in [2.24, 2.45) is 5.92 Å². The molecule has 0 amide bonds. The number of aromatic nitrogens is 1. The van der Waals surface area contributed by atoms with Crippen LogP contribution in [0.2, 0.25) is 0 Å². The molecule has 0 aliphatic rings. The minimum absolute atomic E-state index is 0.0300. The summed E-state index contributed by atoms with van der Waals surface area (Å²) in [6.07, 6.45) is 1.89. The molecule has 1 aromatic heterocycles. The minimum atomic E-state index is -0.768. The van der Waals surface area contributed by atoms with E-state index in [9.17, 15) is 4.79 Å². The fourth-order valence-corrected chi connectivity index (χ4v) is 2.00. The SMILES string of the molecule is CC(CC(=O)O)C(c1ccccn1)N(C)C. The third-order valence-corrected chi connectivity index (χ3v) is 2.58. The molecule has 0 aromatic carbocycles. The second kappa shape index (κ2) is 5.61. The Morgan fingerprint density at radius 3 is 2.62 bits per heavy atom. The molecule has 0 aliphatic heterocycles. The van der Waals surface area contributed by atoms with Crippen LogP contribution in [-0.4, -0.2) is 35.1 Å². The molecule has 2 unspecified atom stereocenters. The van der Waals surface area contributed by atoms with E-state index in [1.807, 2.05) is 44.1 Å². The van der Waals surface area contributed by atoms with Crippen molar-refractivity contribution in [2.75, 3.05) is 14.1 Å². The van der Waals surface area contributed by atoms with Crippen LogP contribution in [0.3, 0.4) is 0 Å². The fourth-order valence-electron chi connectivity index (χ4n) is 2.00. The molecule has 0 fully saturated rings. The molecule has 1 rings (SSSR count). The topological polar surface area (TPSA) is 53.4 Å². The van der Waals surface area contributed by atoms with E-state index in [2.05, 4.69) is 4.98 Å². The lowest BCUT2D eigenvalue weighted by atomic mass is 9.94. The maximum absolute atomic E-state index is 10.7. The summed E-state index contributed by atoms with van der Waals surface area (Å²) in [5.41, 5.74) is 0.918. The van der Waals surface area contributed by atoms with E-state index in [0.29, 0.717) is 0 Å². The van der Waals surface area contributed by atoms with E-state index in [-0.39, 0.29) is 18.4 Å². The van der Waals surface area contributed by atoms with Gasteiger partial charge in [0.25, 0.3) is 0 Å². The summed E-state index contributed by atoms with van der Waals surface area (Å²) in [6, 6.07) is 5.75. The Labute approximate surface area is 95.9 Å². The van der Waals surface area contributed by atoms with Crippen molar-refractivity contribution in [3.05, 3.63) is 30.1 Å². The van der Waals surface area contributed by atoms with E-state index in [1.54, 1.807) is 6.20 Å². The van der Waals surface area contributed by atoms with Gasteiger partial charge in [0.2, 0.25) is 0 Å². The summed E-state index contributed by atoms with van der Waals surface area (Å²) in [7, 11) is 3.88. The molecular weight excluding hydrogens is 204 g/mol. The van der Waals surface area contributed by atoms with Crippen LogP contribution in [0, 0.1) is 5.92 Å². The predicted molar refractivity (Wildman–Crippen MR) is 62.1 cm³/mol. The molecule has 0 bridgehead atoms. The van der Waals surface area contributed by atoms with Crippen molar-refractivity contribution in [2.45, 2.75) is 19.4 Å². The third-order valence-electron chi connectivity index (χ3n) is 2.58. The Kier molecular flexibility index (Phi) is 4.43. The smallest absolute Gasteiger partial charge is 0.303 e. The first-order valence-electron chi connectivity index (χ1n) is 5.31. The van der Waals surface area contributed by atoms with Crippen molar-refractivity contribution >= 4 is 5.97 Å². The van der Waals surface area contributed by atoms with E-state index in [4.69, 9.17) is 5.11 Å². The molecular formula is C12H18N2O2. The monoisotopic (exact) mass is 222 g/mol. The zero-order valence-electron chi connectivity index (χ0n) is 9.92. The maximum Gasteiger partial charge on any atom is 0.303 e. The van der Waals surface area contributed by atoms with Crippen molar-refractivity contribution in [3.63, 3.8) is 0 Å². The molecule has 0 spiro atoms. The summed E-state index contributed by atoms with van der Waals surface area (Å²) in [5, 5.41) is 8.82. The number of aliphatic carboxylic acids is 1. The molecule has 0 saturated carbocycles. The molecule has 1 heterocycles. The van der Waals surface area contributed by atoms with Gasteiger partial charge < -0.3 is 10.0 Å². The van der Waals surface area contributed by atoms with Gasteiger partial charge in [-0.25, -0.2) is 0 Å². The van der Waals surface area contributed by atoms with Crippen LogP contribution in [0.5, 0.6) is 0 Å². The first kappa shape index (κ1) is 12.6. The largest absolute Gasteiger partial charge is 0.481 e. The highest BCUT2D eigenvalue weighted by Crippen LogP contribution is 2.27. The first-order chi connectivity index (χ1) is 7.52. The predicted octanol–water partition coefficient (Wildman–Crippen LogP) is 1.80. The van der Waals surface area contributed by atoms with Crippen LogP contribution in [-0.2, 0) is 4.79 Å². The molecule has 4 nitrogen and oxygen atoms in total. The Hall–Kier alpha value is -1.42. The summed E-state index contributed by atoms with van der Waals surface area (Å²) >= 11 is 0. The summed E-state index contributed by atoms with van der Waals surface area (Å²) in [4.78, 5) is 17.0. The molecule has 2 atom stereocenters. The summed E-state index contributed by atoms with van der Waals surface area (Å²) < 4.78 is 0. The van der Waals surface area contributed by atoms with Crippen molar-refractivity contribution in [1.82, 2.24) is 9.88 Å². The molecule has 1 N–H and O–H groups in total. The van der Waals surface area contributed by atoms with Crippen LogP contribution in [0.4, 0.5) is 0 Å². The molecule has 88 valence electrons. The number of carbonyl (C=O) groups is 1. The molecule has 4 heteroatoms. The van der Waals surface area contributed by atoms with Crippen LogP contribution in [0.25, 0.3) is 0 Å². The van der Waals surface area contributed by atoms with Crippen molar-refractivity contribution in [3.8, 4) is 0 Å². The average Bonchev–Trinajstić information content (AvgIpc) is 2.17. The van der Waals surface area contributed by atoms with Gasteiger partial charge in [-0.05, 0) is 32.1 Å². The summed E-state index contributed by atoms with van der Waals surface area (Å²) in [5.74, 6) is -0.738. The van der Waals surface area contributed by atoms with Gasteiger partial charge in [-0.2, -0.15) is 0 Å². The Bertz CT molecular complexity index is 338. The second-order valence-corrected chi connectivity index (χ2v) is 4.24. The lowest BCUT2D eigenvalue weighted by molar-refractivity contribution is -0.138. The van der Waals surface area contributed by atoms with Crippen LogP contribution >= 0.6 is 0 Å². The minimum Gasteiger partial charge on any atom is -0.481 e. The van der Waals surface area contributed by atoms with E-state index in [1.165, 1.54) is 0 Å². The average molecular weight is 222 g/mol. The van der Waals surface area contributed by atoms with Crippen molar-refractivity contribution in [1.29, 1.82) is 0 Å². The fraction of sp³-hybridized carbons (Fsp3) is 0.500. The van der Waals surface area contributed by atoms with Crippen molar-refractivity contribution < 1.29 is 9.90 Å². The number of carboxylic acids is 1. The van der Waals surface area contributed by atoms with E-state index < -0.39 is 5.97 Å². The number of pyridine rings is 1. The van der Waals surface area contributed by atoms with Crippen LogP contribution in [0.15, 0.2) is 24.4 Å². The quantitative estimate of drug-likeness (QED) is 0.825. The van der Waals surface area contributed by atoms with Gasteiger partial charge in [-0.15, -0.1) is 0 Å². The first-order valence-corrected chi connectivity index (χ1v) is 5.31. The highest BCUT2D eigenvalue weighted by Gasteiger charge is 2.24. The lowest BCUT2D eigenvalue weighted by Crippen LogP contribution is -2.28. The molecule has 0 aliphatic carbocycles. The van der Waals surface area contributed by atoms with Gasteiger partial charge >= 0.3 is 5.97 Å². The van der Waals surface area contributed by atoms with E-state index in [0.717, 1.165) is 5.69 Å². The lowest BCUT2D eigenvalue weighted by Gasteiger charge is -2.28. The number of rotatable bonds is 5. The highest BCUT2D eigenvalue weighted by molar-refractivity contribution is 5.67. The zero-order valence-corrected chi connectivity index (χ0v) is 9.92. The van der Waals surface area contributed by atoms with Gasteiger partial charge in [0, 0.05) is 12.6 Å². The number of carboxylic acid groups (broad SMARTS) is 1. The molecule has 1 aromatic rings. The Balaban J connectivity index is 2.87. The van der Waals surface area contributed by atoms with E-state index >= 15 is 0 Å². The van der Waals surface area contributed by atoms with Gasteiger partial charge in [0.1, 0.15) is 0 Å². The standard InChI is InChI=1S/C12H18N2O2/c1-9(8-11(15)16)12(14(2)3)10-6-4-5-7-13-10/h4-7,9,12H,8H2,1-3H3,(H,15,16). The maximum atomic E-state index is 10.7. The zero-order chi connectivity index (χ0) is 12.1. The van der Waals surface area contributed by atoms with Gasteiger partial charge in [0.15, 0.2) is 0 Å². The third kappa shape index (κ3) is 3.31. The normalized spacial score (nSPS) is 14.8. The Morgan fingerprint density at radius 2 is 2.19 bits per heavy atom.